The number of rotatable bonds is 5. The van der Waals surface area contributed by atoms with E-state index in [9.17, 15) is 0 Å². The van der Waals surface area contributed by atoms with Gasteiger partial charge in [0.1, 0.15) is 0 Å². The maximum absolute atomic E-state index is 4.13. The van der Waals surface area contributed by atoms with Crippen LogP contribution in [0.3, 0.4) is 0 Å². The van der Waals surface area contributed by atoms with Crippen LogP contribution in [0.2, 0.25) is 0 Å². The molecular formula is C19H32N2S2. The standard InChI is InChI=1S/C13H16N2S.C4H10S.C2H6/c1-10(2)9-16-15-13-5-3-4-11-8-14-7-6-12(11)13;1-4(2)3-5;1-2/h3-8,10,15H,9H2,1-2H3;4-5H,3H2,1-2H3;1-2H3. The van der Waals surface area contributed by atoms with E-state index in [0.717, 1.165) is 17.4 Å². The highest BCUT2D eigenvalue weighted by Crippen LogP contribution is 2.24. The van der Waals surface area contributed by atoms with Gasteiger partial charge in [0.15, 0.2) is 0 Å². The summed E-state index contributed by atoms with van der Waals surface area (Å²) in [6, 6.07) is 8.30. The van der Waals surface area contributed by atoms with E-state index in [-0.39, 0.29) is 0 Å². The van der Waals surface area contributed by atoms with Crippen LogP contribution in [-0.2, 0) is 0 Å². The Morgan fingerprint density at radius 2 is 1.74 bits per heavy atom. The van der Waals surface area contributed by atoms with Gasteiger partial charge in [-0.1, -0.05) is 65.6 Å². The molecule has 0 unspecified atom stereocenters. The fourth-order valence-corrected chi connectivity index (χ4v) is 2.25. The Hall–Kier alpha value is -0.870. The number of benzene rings is 1. The lowest BCUT2D eigenvalue weighted by atomic mass is 10.1. The van der Waals surface area contributed by atoms with Crippen LogP contribution in [-0.4, -0.2) is 16.5 Å². The molecule has 0 spiro atoms. The molecule has 0 aliphatic carbocycles. The molecule has 2 aromatic rings. The van der Waals surface area contributed by atoms with E-state index in [2.05, 4.69) is 68.2 Å². The van der Waals surface area contributed by atoms with Crippen molar-refractivity contribution < 1.29 is 0 Å². The van der Waals surface area contributed by atoms with E-state index in [1.807, 2.05) is 32.3 Å². The third-order valence-electron chi connectivity index (χ3n) is 2.64. The lowest BCUT2D eigenvalue weighted by Gasteiger charge is -2.09. The molecule has 0 atom stereocenters. The maximum Gasteiger partial charge on any atom is 0.0520 e. The third kappa shape index (κ3) is 9.77. The fourth-order valence-electron chi connectivity index (χ4n) is 1.50. The topological polar surface area (TPSA) is 24.9 Å². The molecule has 0 aliphatic heterocycles. The molecule has 130 valence electrons. The highest BCUT2D eigenvalue weighted by Gasteiger charge is 2.00. The molecule has 0 saturated carbocycles. The van der Waals surface area contributed by atoms with Gasteiger partial charge in [0.25, 0.3) is 0 Å². The van der Waals surface area contributed by atoms with E-state index in [0.29, 0.717) is 5.92 Å². The summed E-state index contributed by atoms with van der Waals surface area (Å²) in [6.07, 6.45) is 3.73. The number of nitrogens with one attached hydrogen (secondary N) is 1. The Labute approximate surface area is 152 Å². The van der Waals surface area contributed by atoms with Crippen molar-refractivity contribution in [3.63, 3.8) is 0 Å². The van der Waals surface area contributed by atoms with E-state index in [1.165, 1.54) is 16.5 Å². The van der Waals surface area contributed by atoms with Gasteiger partial charge in [-0.05, 0) is 29.7 Å². The number of hydrogen-bond donors (Lipinski definition) is 2. The predicted molar refractivity (Wildman–Crippen MR) is 113 cm³/mol. The zero-order valence-corrected chi connectivity index (χ0v) is 17.0. The summed E-state index contributed by atoms with van der Waals surface area (Å²) in [5.41, 5.74) is 1.17. The minimum absolute atomic E-state index is 0.703. The predicted octanol–water partition coefficient (Wildman–Crippen LogP) is 6.55. The molecule has 0 aliphatic rings. The van der Waals surface area contributed by atoms with E-state index in [4.69, 9.17) is 0 Å². The largest absolute Gasteiger partial charge is 0.329 e. The van der Waals surface area contributed by atoms with Crippen molar-refractivity contribution in [2.24, 2.45) is 11.8 Å². The summed E-state index contributed by atoms with van der Waals surface area (Å²) in [6.45, 7) is 12.7. The van der Waals surface area contributed by atoms with Crippen LogP contribution in [0.15, 0.2) is 36.7 Å². The van der Waals surface area contributed by atoms with E-state index < -0.39 is 0 Å². The molecule has 0 amide bonds. The molecule has 0 bridgehead atoms. The minimum Gasteiger partial charge on any atom is -0.329 e. The molecule has 2 nitrogen and oxygen atoms in total. The second kappa shape index (κ2) is 13.6. The van der Waals surface area contributed by atoms with Crippen molar-refractivity contribution in [3.05, 3.63) is 36.7 Å². The molecule has 0 radical (unpaired) electrons. The molecule has 0 saturated heterocycles. The first-order chi connectivity index (χ1) is 11.0. The molecule has 1 aromatic heterocycles. The lowest BCUT2D eigenvalue weighted by Crippen LogP contribution is -1.96. The number of hydrogen-bond acceptors (Lipinski definition) is 4. The Bertz CT molecular complexity index is 522. The van der Waals surface area contributed by atoms with Crippen LogP contribution in [0.25, 0.3) is 10.8 Å². The van der Waals surface area contributed by atoms with Gasteiger partial charge in [-0.15, -0.1) is 0 Å². The average molecular weight is 353 g/mol. The number of thiol groups is 1. The summed E-state index contributed by atoms with van der Waals surface area (Å²) in [4.78, 5) is 4.13. The Balaban J connectivity index is 0.000000594. The fraction of sp³-hybridized carbons (Fsp3) is 0.526. The summed E-state index contributed by atoms with van der Waals surface area (Å²) >= 11 is 5.77. The zero-order valence-electron chi connectivity index (χ0n) is 15.3. The second-order valence-corrected chi connectivity index (χ2v) is 6.98. The van der Waals surface area contributed by atoms with Crippen LogP contribution in [0.4, 0.5) is 5.69 Å². The number of anilines is 1. The van der Waals surface area contributed by atoms with Crippen molar-refractivity contribution in [2.45, 2.75) is 41.5 Å². The molecule has 1 aromatic carbocycles. The number of aromatic nitrogens is 1. The summed E-state index contributed by atoms with van der Waals surface area (Å²) in [5.74, 6) is 3.56. The first-order valence-corrected chi connectivity index (χ1v) is 9.97. The number of pyridine rings is 1. The van der Waals surface area contributed by atoms with Crippen LogP contribution < -0.4 is 4.72 Å². The average Bonchev–Trinajstić information content (AvgIpc) is 2.57. The molecule has 1 N–H and O–H groups in total. The Morgan fingerprint density at radius 3 is 2.30 bits per heavy atom. The summed E-state index contributed by atoms with van der Waals surface area (Å²) < 4.78 is 3.41. The molecule has 23 heavy (non-hydrogen) atoms. The van der Waals surface area contributed by atoms with E-state index in [1.54, 1.807) is 11.9 Å². The van der Waals surface area contributed by atoms with E-state index >= 15 is 0 Å². The Morgan fingerprint density at radius 1 is 1.09 bits per heavy atom. The van der Waals surface area contributed by atoms with Gasteiger partial charge >= 0.3 is 0 Å². The molecule has 2 rings (SSSR count). The van der Waals surface area contributed by atoms with Crippen LogP contribution in [0, 0.1) is 11.8 Å². The molecule has 0 fully saturated rings. The van der Waals surface area contributed by atoms with Gasteiger partial charge in [0.2, 0.25) is 0 Å². The highest BCUT2D eigenvalue weighted by atomic mass is 32.2. The van der Waals surface area contributed by atoms with Crippen molar-refractivity contribution in [2.75, 3.05) is 16.2 Å². The van der Waals surface area contributed by atoms with Gasteiger partial charge in [-0.25, -0.2) is 0 Å². The number of fused-ring (bicyclic) bond motifs is 1. The van der Waals surface area contributed by atoms with Crippen molar-refractivity contribution >= 4 is 41.0 Å². The third-order valence-corrected chi connectivity index (χ3v) is 4.57. The molecular weight excluding hydrogens is 320 g/mol. The highest BCUT2D eigenvalue weighted by molar-refractivity contribution is 8.00. The minimum atomic E-state index is 0.703. The van der Waals surface area contributed by atoms with Crippen molar-refractivity contribution in [1.82, 2.24) is 4.98 Å². The summed E-state index contributed by atoms with van der Waals surface area (Å²) in [7, 11) is 0. The smallest absolute Gasteiger partial charge is 0.0520 e. The molecule has 1 heterocycles. The quantitative estimate of drug-likeness (QED) is 0.471. The number of nitrogens with zero attached hydrogens (tertiary/aromatic N) is 1. The Kier molecular flexibility index (Phi) is 13.0. The van der Waals surface area contributed by atoms with Gasteiger partial charge in [-0.2, -0.15) is 12.6 Å². The van der Waals surface area contributed by atoms with Gasteiger partial charge < -0.3 is 4.72 Å². The van der Waals surface area contributed by atoms with Crippen molar-refractivity contribution in [3.8, 4) is 0 Å². The van der Waals surface area contributed by atoms with Gasteiger partial charge in [-0.3, -0.25) is 4.98 Å². The SMILES string of the molecule is CC.CC(C)CS.CC(C)CSNc1cccc2cnccc12. The van der Waals surface area contributed by atoms with Crippen LogP contribution >= 0.6 is 24.6 Å². The lowest BCUT2D eigenvalue weighted by molar-refractivity contribution is 0.751. The van der Waals surface area contributed by atoms with Gasteiger partial charge in [0, 0.05) is 28.9 Å². The van der Waals surface area contributed by atoms with Crippen molar-refractivity contribution in [1.29, 1.82) is 0 Å². The second-order valence-electron chi connectivity index (χ2n) is 5.79. The van der Waals surface area contributed by atoms with Crippen LogP contribution in [0.1, 0.15) is 41.5 Å². The first kappa shape index (κ1) is 22.1. The first-order valence-electron chi connectivity index (χ1n) is 8.36. The maximum atomic E-state index is 4.13. The zero-order chi connectivity index (χ0) is 17.7. The monoisotopic (exact) mass is 352 g/mol. The summed E-state index contributed by atoms with van der Waals surface area (Å²) in [5, 5.41) is 2.41. The normalized spacial score (nSPS) is 9.96. The molecule has 4 heteroatoms. The van der Waals surface area contributed by atoms with Gasteiger partial charge in [0.05, 0.1) is 5.69 Å². The van der Waals surface area contributed by atoms with Crippen LogP contribution in [0.5, 0.6) is 0 Å².